The molecule has 1 saturated carbocycles. The average Bonchev–Trinajstić information content (AvgIpc) is 2.78. The molecule has 3 rings (SSSR count). The van der Waals surface area contributed by atoms with E-state index in [2.05, 4.69) is 6.58 Å². The lowest BCUT2D eigenvalue weighted by Gasteiger charge is -2.30. The quantitative estimate of drug-likeness (QED) is 0.449. The molecule has 0 spiro atoms. The maximum Gasteiger partial charge on any atom is 0.339 e. The van der Waals surface area contributed by atoms with Crippen LogP contribution in [0.1, 0.15) is 30.7 Å². The largest absolute Gasteiger partial charge is 0.423 e. The molecule has 1 aliphatic heterocycles. The second kappa shape index (κ2) is 4.49. The van der Waals surface area contributed by atoms with E-state index in [1.807, 2.05) is 0 Å². The van der Waals surface area contributed by atoms with Crippen LogP contribution in [0, 0.1) is 5.92 Å². The predicted octanol–water partition coefficient (Wildman–Crippen LogP) is 3.27. The van der Waals surface area contributed by atoms with E-state index in [0.717, 1.165) is 18.4 Å². The van der Waals surface area contributed by atoms with Gasteiger partial charge in [0, 0.05) is 34.4 Å². The van der Waals surface area contributed by atoms with E-state index in [9.17, 15) is 9.59 Å². The molecule has 3 nitrogen and oxygen atoms in total. The van der Waals surface area contributed by atoms with Gasteiger partial charge in [-0.25, -0.2) is 4.79 Å². The van der Waals surface area contributed by atoms with Gasteiger partial charge in [-0.05, 0) is 31.0 Å². The van der Waals surface area contributed by atoms with Crippen molar-refractivity contribution in [2.45, 2.75) is 25.2 Å². The van der Waals surface area contributed by atoms with Gasteiger partial charge in [0.2, 0.25) is 0 Å². The monoisotopic (exact) mass is 276 g/mol. The van der Waals surface area contributed by atoms with Crippen molar-refractivity contribution in [3.63, 3.8) is 0 Å². The topological polar surface area (TPSA) is 43.4 Å². The molecule has 0 amide bonds. The first kappa shape index (κ1) is 12.4. The van der Waals surface area contributed by atoms with E-state index in [4.69, 9.17) is 16.3 Å². The number of carbonyl (C=O) groups is 2. The Bertz CT molecular complexity index is 591. The number of Topliss-reactive ketones (excluding diaryl/α,β-unsaturated/α-hetero) is 1. The van der Waals surface area contributed by atoms with E-state index in [1.54, 1.807) is 18.2 Å². The van der Waals surface area contributed by atoms with Gasteiger partial charge in [0.15, 0.2) is 0 Å². The maximum atomic E-state index is 12.0. The molecule has 0 radical (unpaired) electrons. The molecule has 2 atom stereocenters. The molecular weight excluding hydrogens is 264 g/mol. The first-order valence-electron chi connectivity index (χ1n) is 6.31. The van der Waals surface area contributed by atoms with Crippen LogP contribution in [0.4, 0.5) is 0 Å². The fraction of sp³-hybridized carbons (Fsp3) is 0.333. The molecule has 2 aliphatic rings. The minimum Gasteiger partial charge on any atom is -0.423 e. The predicted molar refractivity (Wildman–Crippen MR) is 71.3 cm³/mol. The Labute approximate surface area is 116 Å². The third-order valence-corrected chi connectivity index (χ3v) is 4.14. The zero-order valence-corrected chi connectivity index (χ0v) is 11.1. The van der Waals surface area contributed by atoms with Gasteiger partial charge >= 0.3 is 5.97 Å². The summed E-state index contributed by atoms with van der Waals surface area (Å²) < 4.78 is 5.22. The van der Waals surface area contributed by atoms with Gasteiger partial charge in [0.25, 0.3) is 0 Å². The fourth-order valence-electron chi connectivity index (χ4n) is 2.99. The fourth-order valence-corrected chi connectivity index (χ4v) is 3.17. The Morgan fingerprint density at radius 1 is 1.32 bits per heavy atom. The number of hydrogen-bond acceptors (Lipinski definition) is 3. The van der Waals surface area contributed by atoms with Crippen molar-refractivity contribution in [2.24, 2.45) is 5.92 Å². The number of rotatable bonds is 1. The Kier molecular flexibility index (Phi) is 2.94. The summed E-state index contributed by atoms with van der Waals surface area (Å²) in [6.07, 6.45) is 2.25. The van der Waals surface area contributed by atoms with Crippen LogP contribution in [0.2, 0.25) is 5.02 Å². The molecule has 98 valence electrons. The summed E-state index contributed by atoms with van der Waals surface area (Å²) in [5.74, 6) is -0.208. The molecule has 1 aromatic rings. The summed E-state index contributed by atoms with van der Waals surface area (Å²) >= 11 is 6.01. The average molecular weight is 277 g/mol. The molecule has 1 fully saturated rings. The lowest BCUT2D eigenvalue weighted by atomic mass is 9.78. The highest BCUT2D eigenvalue weighted by atomic mass is 35.5. The zero-order chi connectivity index (χ0) is 13.6. The highest BCUT2D eigenvalue weighted by molar-refractivity contribution is 6.30. The van der Waals surface area contributed by atoms with E-state index in [1.165, 1.54) is 0 Å². The van der Waals surface area contributed by atoms with Crippen LogP contribution in [-0.4, -0.2) is 11.8 Å². The van der Waals surface area contributed by atoms with Crippen molar-refractivity contribution in [1.29, 1.82) is 0 Å². The normalized spacial score (nSPS) is 26.3. The molecule has 0 N–H and O–H groups in total. The van der Waals surface area contributed by atoms with Gasteiger partial charge < -0.3 is 4.74 Å². The molecule has 0 unspecified atom stereocenters. The Balaban J connectivity index is 2.11. The summed E-state index contributed by atoms with van der Waals surface area (Å²) in [6, 6.07) is 5.12. The summed E-state index contributed by atoms with van der Waals surface area (Å²) in [5.41, 5.74) is 1.16. The van der Waals surface area contributed by atoms with Crippen molar-refractivity contribution in [2.75, 3.05) is 0 Å². The number of carbonyl (C=O) groups excluding carboxylic acids is 2. The van der Waals surface area contributed by atoms with Gasteiger partial charge in [-0.1, -0.05) is 18.2 Å². The summed E-state index contributed by atoms with van der Waals surface area (Å²) in [4.78, 5) is 23.8. The second-order valence-corrected chi connectivity index (χ2v) is 5.48. The summed E-state index contributed by atoms with van der Waals surface area (Å²) in [6.45, 7) is 3.81. The van der Waals surface area contributed by atoms with E-state index in [-0.39, 0.29) is 17.6 Å². The number of ketones is 1. The van der Waals surface area contributed by atoms with Gasteiger partial charge in [0.05, 0.1) is 0 Å². The van der Waals surface area contributed by atoms with E-state index >= 15 is 0 Å². The standard InChI is InChI=1S/C15H13ClO3/c1-8-14(10-3-2-4-12(10)17)11-7-9(16)5-6-13(11)19-15(8)18/h5-7,10,14H,1-4H2/t10-,14-/m1/s1. The second-order valence-electron chi connectivity index (χ2n) is 5.04. The number of ether oxygens (including phenoxy) is 1. The molecule has 0 aromatic heterocycles. The van der Waals surface area contributed by atoms with Crippen molar-refractivity contribution < 1.29 is 14.3 Å². The molecule has 1 aromatic carbocycles. The molecule has 1 aliphatic carbocycles. The minimum absolute atomic E-state index is 0.169. The minimum atomic E-state index is -0.445. The first-order valence-corrected chi connectivity index (χ1v) is 6.69. The van der Waals surface area contributed by atoms with Crippen molar-refractivity contribution in [1.82, 2.24) is 0 Å². The Hall–Kier alpha value is -1.61. The molecule has 4 heteroatoms. The number of fused-ring (bicyclic) bond motifs is 1. The van der Waals surface area contributed by atoms with Crippen LogP contribution >= 0.6 is 11.6 Å². The number of halogens is 1. The third-order valence-electron chi connectivity index (χ3n) is 3.90. The van der Waals surface area contributed by atoms with Crippen LogP contribution in [0.3, 0.4) is 0 Å². The lowest BCUT2D eigenvalue weighted by Crippen LogP contribution is -2.29. The molecule has 1 heterocycles. The van der Waals surface area contributed by atoms with Gasteiger partial charge in [-0.2, -0.15) is 0 Å². The smallest absolute Gasteiger partial charge is 0.339 e. The van der Waals surface area contributed by atoms with Gasteiger partial charge in [-0.3, -0.25) is 4.79 Å². The van der Waals surface area contributed by atoms with Crippen LogP contribution in [0.25, 0.3) is 0 Å². The first-order chi connectivity index (χ1) is 9.08. The SMILES string of the molecule is C=C1C(=O)Oc2ccc(Cl)cc2[C@H]1[C@@H]1CCCC1=O. The zero-order valence-electron chi connectivity index (χ0n) is 10.3. The van der Waals surface area contributed by atoms with E-state index in [0.29, 0.717) is 22.8 Å². The summed E-state index contributed by atoms with van der Waals surface area (Å²) in [5, 5.41) is 0.569. The molecule has 19 heavy (non-hydrogen) atoms. The van der Waals surface area contributed by atoms with Crippen LogP contribution in [-0.2, 0) is 9.59 Å². The van der Waals surface area contributed by atoms with Crippen molar-refractivity contribution in [3.05, 3.63) is 40.9 Å². The van der Waals surface area contributed by atoms with Gasteiger partial charge in [-0.15, -0.1) is 0 Å². The van der Waals surface area contributed by atoms with Gasteiger partial charge in [0.1, 0.15) is 11.5 Å². The number of hydrogen-bond donors (Lipinski definition) is 0. The highest BCUT2D eigenvalue weighted by Crippen LogP contribution is 2.46. The Morgan fingerprint density at radius 3 is 2.79 bits per heavy atom. The Morgan fingerprint density at radius 2 is 2.11 bits per heavy atom. The van der Waals surface area contributed by atoms with Crippen LogP contribution in [0.5, 0.6) is 5.75 Å². The van der Waals surface area contributed by atoms with Crippen molar-refractivity contribution >= 4 is 23.4 Å². The highest BCUT2D eigenvalue weighted by Gasteiger charge is 2.41. The lowest BCUT2D eigenvalue weighted by molar-refractivity contribution is -0.131. The third kappa shape index (κ3) is 1.98. The van der Waals surface area contributed by atoms with Crippen LogP contribution in [0.15, 0.2) is 30.4 Å². The van der Waals surface area contributed by atoms with E-state index < -0.39 is 5.97 Å². The number of esters is 1. The molecule has 0 bridgehead atoms. The maximum absolute atomic E-state index is 12.0. The number of benzene rings is 1. The van der Waals surface area contributed by atoms with Crippen LogP contribution < -0.4 is 4.74 Å². The summed E-state index contributed by atoms with van der Waals surface area (Å²) in [7, 11) is 0. The van der Waals surface area contributed by atoms with Crippen molar-refractivity contribution in [3.8, 4) is 5.75 Å². The molecular formula is C15H13ClO3. The molecule has 0 saturated heterocycles.